The zero-order chi connectivity index (χ0) is 13.9. The van der Waals surface area contributed by atoms with Crippen molar-refractivity contribution in [2.45, 2.75) is 12.5 Å². The number of hydrogen-bond acceptors (Lipinski definition) is 3. The maximum atomic E-state index is 12.0. The molecule has 0 saturated carbocycles. The third-order valence-corrected chi connectivity index (χ3v) is 4.63. The molecule has 1 amide bonds. The first kappa shape index (κ1) is 13.3. The number of nitrogens with one attached hydrogen (secondary N) is 1. The molecule has 1 atom stereocenters. The van der Waals surface area contributed by atoms with E-state index < -0.39 is 0 Å². The van der Waals surface area contributed by atoms with Gasteiger partial charge in [-0.15, -0.1) is 11.3 Å². The second-order valence-electron chi connectivity index (χ2n) is 5.14. The molecule has 2 heterocycles. The lowest BCUT2D eigenvalue weighted by Gasteiger charge is -2.30. The molecular formula is C16H18N2OS. The van der Waals surface area contributed by atoms with Crippen LogP contribution in [0.3, 0.4) is 0 Å². The number of hydrogen-bond donors (Lipinski definition) is 1. The minimum Gasteiger partial charge on any atom is -0.343 e. The number of thiophene rings is 1. The zero-order valence-corrected chi connectivity index (χ0v) is 12.3. The van der Waals surface area contributed by atoms with Crippen molar-refractivity contribution in [3.05, 3.63) is 47.3 Å². The summed E-state index contributed by atoms with van der Waals surface area (Å²) < 4.78 is 0. The fourth-order valence-electron chi connectivity index (χ4n) is 2.51. The largest absolute Gasteiger partial charge is 0.343 e. The van der Waals surface area contributed by atoms with E-state index in [2.05, 4.69) is 47.1 Å². The van der Waals surface area contributed by atoms with Crippen LogP contribution in [0.4, 0.5) is 0 Å². The van der Waals surface area contributed by atoms with Crippen molar-refractivity contribution in [2.24, 2.45) is 0 Å². The van der Waals surface area contributed by atoms with Crippen LogP contribution in [0.5, 0.6) is 0 Å². The molecule has 3 rings (SSSR count). The van der Waals surface area contributed by atoms with Crippen LogP contribution < -0.4 is 5.32 Å². The van der Waals surface area contributed by atoms with E-state index in [9.17, 15) is 4.79 Å². The Labute approximate surface area is 123 Å². The maximum absolute atomic E-state index is 12.0. The van der Waals surface area contributed by atoms with Gasteiger partial charge in [-0.1, -0.05) is 30.3 Å². The number of carbonyl (C=O) groups excluding carboxylic acids is 1. The lowest BCUT2D eigenvalue weighted by atomic mass is 10.0. The minimum atomic E-state index is -0.0821. The quantitative estimate of drug-likeness (QED) is 0.939. The van der Waals surface area contributed by atoms with Crippen molar-refractivity contribution in [3.8, 4) is 10.4 Å². The van der Waals surface area contributed by atoms with Crippen LogP contribution in [0.25, 0.3) is 10.4 Å². The summed E-state index contributed by atoms with van der Waals surface area (Å²) in [5.74, 6) is 0.193. The van der Waals surface area contributed by atoms with Crippen LogP contribution >= 0.6 is 11.3 Å². The second kappa shape index (κ2) is 5.77. The fraction of sp³-hybridized carbons (Fsp3) is 0.312. The Morgan fingerprint density at radius 1 is 1.30 bits per heavy atom. The lowest BCUT2D eigenvalue weighted by molar-refractivity contribution is -0.134. The van der Waals surface area contributed by atoms with Gasteiger partial charge in [0.25, 0.3) is 0 Å². The molecule has 4 heteroatoms. The summed E-state index contributed by atoms with van der Waals surface area (Å²) in [4.78, 5) is 15.1. The van der Waals surface area contributed by atoms with Gasteiger partial charge in [-0.25, -0.2) is 0 Å². The van der Waals surface area contributed by atoms with E-state index in [-0.39, 0.29) is 11.9 Å². The standard InChI is InChI=1S/C16H18N2OS/c1-18-9-8-17-14(16(18)19)11-12-4-6-13(7-5-12)15-3-2-10-20-15/h2-7,10,14,17H,8-9,11H2,1H3/t14-/m1/s1. The highest BCUT2D eigenvalue weighted by atomic mass is 32.1. The summed E-state index contributed by atoms with van der Waals surface area (Å²) in [6, 6.07) is 12.6. The predicted octanol–water partition coefficient (Wildman–Crippen LogP) is 2.39. The molecule has 2 aromatic rings. The molecular weight excluding hydrogens is 268 g/mol. The number of rotatable bonds is 3. The first-order valence-corrected chi connectivity index (χ1v) is 7.73. The summed E-state index contributed by atoms with van der Waals surface area (Å²) in [7, 11) is 1.87. The van der Waals surface area contributed by atoms with Crippen molar-refractivity contribution < 1.29 is 4.79 Å². The van der Waals surface area contributed by atoms with Gasteiger partial charge >= 0.3 is 0 Å². The van der Waals surface area contributed by atoms with E-state index in [0.717, 1.165) is 19.5 Å². The van der Waals surface area contributed by atoms with E-state index in [0.29, 0.717) is 0 Å². The molecule has 1 N–H and O–H groups in total. The highest BCUT2D eigenvalue weighted by Crippen LogP contribution is 2.25. The normalized spacial score (nSPS) is 19.4. The molecule has 1 aliphatic rings. The Balaban J connectivity index is 1.70. The SMILES string of the molecule is CN1CCN[C@H](Cc2ccc(-c3cccs3)cc2)C1=O. The van der Waals surface area contributed by atoms with E-state index in [1.165, 1.54) is 16.0 Å². The number of benzene rings is 1. The third-order valence-electron chi connectivity index (χ3n) is 3.71. The fourth-order valence-corrected chi connectivity index (χ4v) is 3.25. The molecule has 1 fully saturated rings. The summed E-state index contributed by atoms with van der Waals surface area (Å²) in [6.45, 7) is 1.67. The monoisotopic (exact) mass is 286 g/mol. The van der Waals surface area contributed by atoms with Crippen molar-refractivity contribution in [1.29, 1.82) is 0 Å². The van der Waals surface area contributed by atoms with Crippen LogP contribution in [-0.2, 0) is 11.2 Å². The van der Waals surface area contributed by atoms with E-state index in [1.807, 2.05) is 7.05 Å². The topological polar surface area (TPSA) is 32.3 Å². The Morgan fingerprint density at radius 2 is 2.10 bits per heavy atom. The van der Waals surface area contributed by atoms with Crippen molar-refractivity contribution in [2.75, 3.05) is 20.1 Å². The molecule has 0 radical (unpaired) electrons. The van der Waals surface area contributed by atoms with Gasteiger partial charge < -0.3 is 10.2 Å². The summed E-state index contributed by atoms with van der Waals surface area (Å²) in [6.07, 6.45) is 0.758. The molecule has 1 aliphatic heterocycles. The van der Waals surface area contributed by atoms with Gasteiger partial charge in [0.05, 0.1) is 6.04 Å². The van der Waals surface area contributed by atoms with Gasteiger partial charge in [-0.05, 0) is 29.0 Å². The smallest absolute Gasteiger partial charge is 0.239 e. The number of amides is 1. The van der Waals surface area contributed by atoms with Gasteiger partial charge in [0, 0.05) is 25.0 Å². The van der Waals surface area contributed by atoms with Gasteiger partial charge in [-0.2, -0.15) is 0 Å². The first-order valence-electron chi connectivity index (χ1n) is 6.85. The van der Waals surface area contributed by atoms with Gasteiger partial charge in [0.15, 0.2) is 0 Å². The molecule has 0 bridgehead atoms. The zero-order valence-electron chi connectivity index (χ0n) is 11.5. The van der Waals surface area contributed by atoms with Gasteiger partial charge in [0.2, 0.25) is 5.91 Å². The number of nitrogens with zero attached hydrogens (tertiary/aromatic N) is 1. The van der Waals surface area contributed by atoms with Gasteiger partial charge in [0.1, 0.15) is 0 Å². The summed E-state index contributed by atoms with van der Waals surface area (Å²) >= 11 is 1.75. The Kier molecular flexibility index (Phi) is 3.85. The third kappa shape index (κ3) is 2.76. The number of piperazine rings is 1. The molecule has 0 aliphatic carbocycles. The predicted molar refractivity (Wildman–Crippen MR) is 82.9 cm³/mol. The highest BCUT2D eigenvalue weighted by molar-refractivity contribution is 7.13. The van der Waals surface area contributed by atoms with Crippen molar-refractivity contribution in [1.82, 2.24) is 10.2 Å². The highest BCUT2D eigenvalue weighted by Gasteiger charge is 2.25. The molecule has 1 aromatic carbocycles. The number of carbonyl (C=O) groups is 1. The van der Waals surface area contributed by atoms with E-state index in [4.69, 9.17) is 0 Å². The van der Waals surface area contributed by atoms with E-state index in [1.54, 1.807) is 16.2 Å². The van der Waals surface area contributed by atoms with Crippen LogP contribution in [0.2, 0.25) is 0 Å². The Bertz CT molecular complexity index is 577. The molecule has 0 unspecified atom stereocenters. The summed E-state index contributed by atoms with van der Waals surface area (Å²) in [5, 5.41) is 5.39. The van der Waals surface area contributed by atoms with Crippen LogP contribution in [0.1, 0.15) is 5.56 Å². The molecule has 0 spiro atoms. The van der Waals surface area contributed by atoms with Gasteiger partial charge in [-0.3, -0.25) is 4.79 Å². The van der Waals surface area contributed by atoms with Crippen LogP contribution in [0, 0.1) is 0 Å². The van der Waals surface area contributed by atoms with Crippen LogP contribution in [-0.4, -0.2) is 37.0 Å². The molecule has 3 nitrogen and oxygen atoms in total. The Morgan fingerprint density at radius 3 is 2.80 bits per heavy atom. The van der Waals surface area contributed by atoms with Crippen molar-refractivity contribution in [3.63, 3.8) is 0 Å². The number of likely N-dealkylation sites (N-methyl/N-ethyl adjacent to an activating group) is 1. The molecule has 20 heavy (non-hydrogen) atoms. The van der Waals surface area contributed by atoms with E-state index >= 15 is 0 Å². The first-order chi connectivity index (χ1) is 9.74. The average molecular weight is 286 g/mol. The lowest BCUT2D eigenvalue weighted by Crippen LogP contribution is -2.54. The molecule has 104 valence electrons. The maximum Gasteiger partial charge on any atom is 0.239 e. The Hall–Kier alpha value is -1.65. The summed E-state index contributed by atoms with van der Waals surface area (Å²) in [5.41, 5.74) is 2.44. The molecule has 1 aromatic heterocycles. The van der Waals surface area contributed by atoms with Crippen molar-refractivity contribution >= 4 is 17.2 Å². The average Bonchev–Trinajstić information content (AvgIpc) is 2.99. The molecule has 1 saturated heterocycles. The minimum absolute atomic E-state index is 0.0821. The van der Waals surface area contributed by atoms with Crippen LogP contribution in [0.15, 0.2) is 41.8 Å². The second-order valence-corrected chi connectivity index (χ2v) is 6.09.